The van der Waals surface area contributed by atoms with Gasteiger partial charge in [0.1, 0.15) is 6.04 Å². The molecule has 3 rings (SSSR count). The summed E-state index contributed by atoms with van der Waals surface area (Å²) in [6, 6.07) is 27.9. The van der Waals surface area contributed by atoms with Gasteiger partial charge in [-0.15, -0.1) is 0 Å². The fraction of sp³-hybridized carbons (Fsp3) is 0.355. The van der Waals surface area contributed by atoms with E-state index in [2.05, 4.69) is 49.5 Å². The lowest BCUT2D eigenvalue weighted by Gasteiger charge is -2.32. The Bertz CT molecular complexity index is 1040. The number of nitrogens with one attached hydrogen (secondary N) is 1. The summed E-state index contributed by atoms with van der Waals surface area (Å²) in [5.41, 5.74) is 4.36. The number of amides is 2. The molecule has 2 amide bonds. The molecule has 184 valence electrons. The van der Waals surface area contributed by atoms with Crippen molar-refractivity contribution in [2.24, 2.45) is 5.92 Å². The zero-order valence-electron chi connectivity index (χ0n) is 21.4. The van der Waals surface area contributed by atoms with Gasteiger partial charge < -0.3 is 10.2 Å². The van der Waals surface area contributed by atoms with Crippen molar-refractivity contribution in [1.82, 2.24) is 10.2 Å². The van der Waals surface area contributed by atoms with Gasteiger partial charge in [0.05, 0.1) is 0 Å². The van der Waals surface area contributed by atoms with Gasteiger partial charge in [-0.1, -0.05) is 111 Å². The van der Waals surface area contributed by atoms with E-state index in [1.54, 1.807) is 4.90 Å². The lowest BCUT2D eigenvalue weighted by atomic mass is 9.88. The molecule has 3 aromatic carbocycles. The molecule has 0 spiro atoms. The maximum absolute atomic E-state index is 14.0. The van der Waals surface area contributed by atoms with E-state index in [0.717, 1.165) is 22.3 Å². The third-order valence-corrected chi connectivity index (χ3v) is 6.29. The minimum Gasteiger partial charge on any atom is -0.354 e. The van der Waals surface area contributed by atoms with Gasteiger partial charge in [0, 0.05) is 25.4 Å². The number of hydrogen-bond acceptors (Lipinski definition) is 2. The van der Waals surface area contributed by atoms with E-state index in [9.17, 15) is 9.59 Å². The molecule has 1 unspecified atom stereocenters. The van der Waals surface area contributed by atoms with Crippen LogP contribution in [0.3, 0.4) is 0 Å². The highest BCUT2D eigenvalue weighted by atomic mass is 16.2. The monoisotopic (exact) mass is 470 g/mol. The summed E-state index contributed by atoms with van der Waals surface area (Å²) in [5, 5.41) is 3.05. The van der Waals surface area contributed by atoms with Crippen molar-refractivity contribution in [3.8, 4) is 0 Å². The van der Waals surface area contributed by atoms with E-state index in [4.69, 9.17) is 0 Å². The van der Waals surface area contributed by atoms with Crippen molar-refractivity contribution in [3.63, 3.8) is 0 Å². The molecule has 35 heavy (non-hydrogen) atoms. The molecule has 0 saturated carbocycles. The van der Waals surface area contributed by atoms with Gasteiger partial charge >= 0.3 is 0 Å². The highest BCUT2D eigenvalue weighted by Gasteiger charge is 2.30. The van der Waals surface area contributed by atoms with Crippen LogP contribution in [0.4, 0.5) is 0 Å². The van der Waals surface area contributed by atoms with Crippen LogP contribution in [-0.4, -0.2) is 29.3 Å². The summed E-state index contributed by atoms with van der Waals surface area (Å²) < 4.78 is 0. The van der Waals surface area contributed by atoms with Gasteiger partial charge in [-0.05, 0) is 36.0 Å². The van der Waals surface area contributed by atoms with Gasteiger partial charge in [-0.25, -0.2) is 0 Å². The second kappa shape index (κ2) is 12.9. The molecule has 0 aliphatic carbocycles. The molecule has 4 heteroatoms. The third kappa shape index (κ3) is 7.54. The first-order chi connectivity index (χ1) is 16.9. The molecule has 0 saturated heterocycles. The summed E-state index contributed by atoms with van der Waals surface area (Å²) in [7, 11) is 0. The van der Waals surface area contributed by atoms with Crippen molar-refractivity contribution < 1.29 is 9.59 Å². The normalized spacial score (nSPS) is 11.9. The molecule has 1 atom stereocenters. The number of carbonyl (C=O) groups excluding carboxylic acids is 2. The molecular formula is C31H38N2O2. The first-order valence-corrected chi connectivity index (χ1v) is 12.6. The Morgan fingerprint density at radius 2 is 1.46 bits per heavy atom. The van der Waals surface area contributed by atoms with Crippen LogP contribution < -0.4 is 5.32 Å². The molecule has 0 aliphatic rings. The Kier molecular flexibility index (Phi) is 9.66. The summed E-state index contributed by atoms with van der Waals surface area (Å²) in [4.78, 5) is 29.0. The van der Waals surface area contributed by atoms with Crippen LogP contribution in [0.15, 0.2) is 84.9 Å². The number of carbonyl (C=O) groups is 2. The molecule has 0 heterocycles. The molecule has 3 aromatic rings. The molecule has 1 N–H and O–H groups in total. The number of aryl methyl sites for hydroxylation is 1. The van der Waals surface area contributed by atoms with Crippen molar-refractivity contribution in [3.05, 3.63) is 107 Å². The maximum atomic E-state index is 14.0. The first kappa shape index (κ1) is 26.2. The Morgan fingerprint density at radius 3 is 1.97 bits per heavy atom. The van der Waals surface area contributed by atoms with Crippen molar-refractivity contribution in [2.75, 3.05) is 6.54 Å². The molecule has 0 radical (unpaired) electrons. The molecule has 0 aromatic heterocycles. The number of nitrogens with zero attached hydrogens (tertiary/aromatic N) is 1. The largest absolute Gasteiger partial charge is 0.354 e. The van der Waals surface area contributed by atoms with E-state index in [1.165, 1.54) is 0 Å². The quantitative estimate of drug-likeness (QED) is 0.368. The van der Waals surface area contributed by atoms with Crippen LogP contribution in [0.5, 0.6) is 0 Å². The Labute approximate surface area is 210 Å². The molecule has 0 bridgehead atoms. The van der Waals surface area contributed by atoms with Gasteiger partial charge in [0.25, 0.3) is 0 Å². The Balaban J connectivity index is 1.93. The van der Waals surface area contributed by atoms with Crippen molar-refractivity contribution >= 4 is 11.8 Å². The van der Waals surface area contributed by atoms with Crippen LogP contribution in [0.25, 0.3) is 0 Å². The van der Waals surface area contributed by atoms with Gasteiger partial charge in [-0.3, -0.25) is 9.59 Å². The maximum Gasteiger partial charge on any atom is 0.242 e. The summed E-state index contributed by atoms with van der Waals surface area (Å²) in [5.74, 6) is 0.160. The SMILES string of the molecule is CCC(C(=O)NCC(C)C)N(Cc1cccc(C)c1)C(=O)CC(c1ccccc1)c1ccccc1. The highest BCUT2D eigenvalue weighted by Crippen LogP contribution is 2.29. The van der Waals surface area contributed by atoms with Gasteiger partial charge in [0.2, 0.25) is 11.8 Å². The standard InChI is InChI=1S/C31H38N2O2/c1-5-29(31(35)32-21-23(2)3)33(22-25-14-12-13-24(4)19-25)30(34)20-28(26-15-8-6-9-16-26)27-17-10-7-11-18-27/h6-19,23,28-29H,5,20-22H2,1-4H3,(H,32,35). The van der Waals surface area contributed by atoms with Gasteiger partial charge in [0.15, 0.2) is 0 Å². The molecular weight excluding hydrogens is 432 g/mol. The summed E-state index contributed by atoms with van der Waals surface area (Å²) in [6.45, 7) is 9.16. The fourth-order valence-corrected chi connectivity index (χ4v) is 4.44. The van der Waals surface area contributed by atoms with Gasteiger partial charge in [-0.2, -0.15) is 0 Å². The van der Waals surface area contributed by atoms with Crippen LogP contribution in [0.1, 0.15) is 61.8 Å². The van der Waals surface area contributed by atoms with E-state index in [-0.39, 0.29) is 17.7 Å². The lowest BCUT2D eigenvalue weighted by molar-refractivity contribution is -0.141. The minimum absolute atomic E-state index is 0.0178. The fourth-order valence-electron chi connectivity index (χ4n) is 4.44. The van der Waals surface area contributed by atoms with E-state index >= 15 is 0 Å². The second-order valence-corrected chi connectivity index (χ2v) is 9.65. The molecule has 4 nitrogen and oxygen atoms in total. The predicted octanol–water partition coefficient (Wildman–Crippen LogP) is 6.10. The van der Waals surface area contributed by atoms with Crippen molar-refractivity contribution in [2.45, 2.75) is 59.0 Å². The Hall–Kier alpha value is -3.40. The Morgan fingerprint density at radius 1 is 0.857 bits per heavy atom. The number of rotatable bonds is 11. The zero-order valence-corrected chi connectivity index (χ0v) is 21.4. The number of benzene rings is 3. The predicted molar refractivity (Wildman–Crippen MR) is 143 cm³/mol. The molecule has 0 fully saturated rings. The highest BCUT2D eigenvalue weighted by molar-refractivity contribution is 5.88. The van der Waals surface area contributed by atoms with Crippen LogP contribution in [0, 0.1) is 12.8 Å². The molecule has 0 aliphatic heterocycles. The second-order valence-electron chi connectivity index (χ2n) is 9.65. The zero-order chi connectivity index (χ0) is 25.2. The first-order valence-electron chi connectivity index (χ1n) is 12.6. The van der Waals surface area contributed by atoms with Crippen molar-refractivity contribution in [1.29, 1.82) is 0 Å². The number of hydrogen-bond donors (Lipinski definition) is 1. The van der Waals surface area contributed by atoms with E-state index in [1.807, 2.05) is 68.4 Å². The third-order valence-electron chi connectivity index (χ3n) is 6.29. The summed E-state index contributed by atoms with van der Waals surface area (Å²) in [6.07, 6.45) is 0.858. The average molecular weight is 471 g/mol. The topological polar surface area (TPSA) is 49.4 Å². The van der Waals surface area contributed by atoms with Crippen LogP contribution >= 0.6 is 0 Å². The lowest BCUT2D eigenvalue weighted by Crippen LogP contribution is -2.49. The van der Waals surface area contributed by atoms with Crippen LogP contribution in [0.2, 0.25) is 0 Å². The van der Waals surface area contributed by atoms with E-state index < -0.39 is 6.04 Å². The minimum atomic E-state index is -0.519. The smallest absolute Gasteiger partial charge is 0.242 e. The average Bonchev–Trinajstić information content (AvgIpc) is 2.86. The van der Waals surface area contributed by atoms with Crippen LogP contribution in [-0.2, 0) is 16.1 Å². The van der Waals surface area contributed by atoms with E-state index in [0.29, 0.717) is 31.8 Å². The summed E-state index contributed by atoms with van der Waals surface area (Å²) >= 11 is 0.